The molecule has 30 heavy (non-hydrogen) atoms. The minimum absolute atomic E-state index is 0.0299. The van der Waals surface area contributed by atoms with E-state index in [0.717, 1.165) is 5.56 Å². The topological polar surface area (TPSA) is 79.0 Å². The van der Waals surface area contributed by atoms with Crippen molar-refractivity contribution >= 4 is 29.3 Å². The van der Waals surface area contributed by atoms with Gasteiger partial charge >= 0.3 is 6.09 Å². The highest BCUT2D eigenvalue weighted by atomic mass is 16.6. The van der Waals surface area contributed by atoms with Crippen molar-refractivity contribution in [3.05, 3.63) is 60.2 Å². The van der Waals surface area contributed by atoms with Crippen molar-refractivity contribution in [2.24, 2.45) is 0 Å². The Balaban J connectivity index is 1.59. The second-order valence-corrected chi connectivity index (χ2v) is 7.72. The van der Waals surface area contributed by atoms with Crippen molar-refractivity contribution in [2.75, 3.05) is 36.5 Å². The highest BCUT2D eigenvalue weighted by molar-refractivity contribution is 6.00. The normalized spacial score (nSPS) is 18.1. The van der Waals surface area contributed by atoms with E-state index in [2.05, 4.69) is 5.32 Å². The van der Waals surface area contributed by atoms with E-state index in [1.165, 1.54) is 0 Å². The highest BCUT2D eigenvalue weighted by Crippen LogP contribution is 2.37. The van der Waals surface area contributed by atoms with Crippen LogP contribution < -0.4 is 10.2 Å². The molecule has 7 heteroatoms. The molecular weight excluding hydrogens is 382 g/mol. The second kappa shape index (κ2) is 8.18. The van der Waals surface area contributed by atoms with Crippen molar-refractivity contribution in [3.8, 4) is 0 Å². The average Bonchev–Trinajstić information content (AvgIpc) is 3.20. The molecule has 0 unspecified atom stereocenters. The largest absolute Gasteiger partial charge is 0.447 e. The van der Waals surface area contributed by atoms with Crippen molar-refractivity contribution < 1.29 is 19.1 Å². The van der Waals surface area contributed by atoms with Crippen LogP contribution in [0.4, 0.5) is 16.2 Å². The zero-order chi connectivity index (χ0) is 21.1. The zero-order valence-electron chi connectivity index (χ0n) is 17.0. The van der Waals surface area contributed by atoms with E-state index in [1.54, 1.807) is 22.8 Å². The van der Waals surface area contributed by atoms with Gasteiger partial charge in [0.2, 0.25) is 11.8 Å². The van der Waals surface area contributed by atoms with Crippen LogP contribution in [0.15, 0.2) is 54.6 Å². The molecule has 0 atom stereocenters. The number of cyclic esters (lactones) is 1. The summed E-state index contributed by atoms with van der Waals surface area (Å²) in [6.07, 6.45) is 0.733. The minimum Gasteiger partial charge on any atom is -0.447 e. The molecule has 2 fully saturated rings. The van der Waals surface area contributed by atoms with Gasteiger partial charge in [-0.05, 0) is 36.6 Å². The maximum absolute atomic E-state index is 13.5. The predicted molar refractivity (Wildman–Crippen MR) is 113 cm³/mol. The molecule has 2 aromatic carbocycles. The molecule has 156 valence electrons. The van der Waals surface area contributed by atoms with Crippen LogP contribution in [-0.4, -0.2) is 49.0 Å². The molecule has 0 aromatic heterocycles. The fraction of sp³-hybridized carbons (Fsp3) is 0.348. The molecule has 0 spiro atoms. The van der Waals surface area contributed by atoms with Gasteiger partial charge in [0.15, 0.2) is 0 Å². The van der Waals surface area contributed by atoms with Crippen LogP contribution in [-0.2, 0) is 19.7 Å². The molecule has 3 amide bonds. The molecular formula is C23H25N3O4. The number of nitrogens with one attached hydrogen (secondary N) is 1. The Hall–Kier alpha value is -3.35. The summed E-state index contributed by atoms with van der Waals surface area (Å²) in [7, 11) is 0. The summed E-state index contributed by atoms with van der Waals surface area (Å²) in [6, 6.07) is 17.0. The van der Waals surface area contributed by atoms with E-state index in [0.29, 0.717) is 50.5 Å². The van der Waals surface area contributed by atoms with Crippen molar-refractivity contribution in [2.45, 2.75) is 25.2 Å². The number of anilines is 2. The molecule has 2 saturated heterocycles. The lowest BCUT2D eigenvalue weighted by Gasteiger charge is -2.40. The maximum atomic E-state index is 13.5. The van der Waals surface area contributed by atoms with Gasteiger partial charge in [-0.3, -0.25) is 14.5 Å². The lowest BCUT2D eigenvalue weighted by Crippen LogP contribution is -2.50. The molecule has 7 nitrogen and oxygen atoms in total. The summed E-state index contributed by atoms with van der Waals surface area (Å²) < 4.78 is 5.01. The van der Waals surface area contributed by atoms with Crippen LogP contribution in [0.5, 0.6) is 0 Å². The molecule has 1 N–H and O–H groups in total. The Bertz CT molecular complexity index is 952. The first kappa shape index (κ1) is 19.9. The van der Waals surface area contributed by atoms with Gasteiger partial charge in [0.1, 0.15) is 6.61 Å². The smallest absolute Gasteiger partial charge is 0.414 e. The summed E-state index contributed by atoms with van der Waals surface area (Å²) in [5, 5.41) is 3.05. The molecule has 0 radical (unpaired) electrons. The number of ether oxygens (including phenoxy) is 1. The molecule has 0 aliphatic carbocycles. The van der Waals surface area contributed by atoms with Gasteiger partial charge in [-0.25, -0.2) is 4.79 Å². The van der Waals surface area contributed by atoms with Crippen molar-refractivity contribution in [1.82, 2.24) is 4.90 Å². The number of likely N-dealkylation sites (tertiary alicyclic amines) is 1. The summed E-state index contributed by atoms with van der Waals surface area (Å²) in [4.78, 5) is 40.5. The van der Waals surface area contributed by atoms with Crippen molar-refractivity contribution in [1.29, 1.82) is 0 Å². The second-order valence-electron chi connectivity index (χ2n) is 7.72. The van der Waals surface area contributed by atoms with Gasteiger partial charge in [0.25, 0.3) is 0 Å². The number of amides is 3. The van der Waals surface area contributed by atoms with Crippen LogP contribution in [0.1, 0.15) is 25.3 Å². The molecule has 0 saturated carbocycles. The Labute approximate surface area is 175 Å². The number of hydrogen-bond acceptors (Lipinski definition) is 4. The molecule has 2 heterocycles. The van der Waals surface area contributed by atoms with E-state index in [-0.39, 0.29) is 17.9 Å². The van der Waals surface area contributed by atoms with Crippen LogP contribution in [0.2, 0.25) is 0 Å². The fourth-order valence-electron chi connectivity index (χ4n) is 4.24. The van der Waals surface area contributed by atoms with Crippen LogP contribution in [0.3, 0.4) is 0 Å². The third kappa shape index (κ3) is 3.75. The Morgan fingerprint density at radius 2 is 1.73 bits per heavy atom. The number of hydrogen-bond donors (Lipinski definition) is 1. The molecule has 2 aliphatic rings. The van der Waals surface area contributed by atoms with Gasteiger partial charge in [-0.15, -0.1) is 0 Å². The van der Waals surface area contributed by atoms with E-state index in [9.17, 15) is 14.4 Å². The van der Waals surface area contributed by atoms with Gasteiger partial charge in [-0.1, -0.05) is 36.4 Å². The Morgan fingerprint density at radius 3 is 2.37 bits per heavy atom. The van der Waals surface area contributed by atoms with Gasteiger partial charge in [0.05, 0.1) is 12.0 Å². The number of benzene rings is 2. The SMILES string of the molecule is CC(=O)N1CCC(C(=O)Nc2cccc(N3CCOC3=O)c2)(c2ccccc2)CC1. The van der Waals surface area contributed by atoms with E-state index in [1.807, 2.05) is 48.5 Å². The summed E-state index contributed by atoms with van der Waals surface area (Å²) in [5.74, 6) is -0.0691. The quantitative estimate of drug-likeness (QED) is 0.844. The lowest BCUT2D eigenvalue weighted by atomic mass is 9.72. The number of piperidine rings is 1. The van der Waals surface area contributed by atoms with Crippen molar-refractivity contribution in [3.63, 3.8) is 0 Å². The standard InChI is InChI=1S/C23H25N3O4/c1-17(27)25-12-10-23(11-13-25,18-6-3-2-4-7-18)21(28)24-19-8-5-9-20(16-19)26-14-15-30-22(26)29/h2-9,16H,10-15H2,1H3,(H,24,28). The number of carbonyl (C=O) groups is 3. The van der Waals surface area contributed by atoms with E-state index < -0.39 is 5.41 Å². The first-order valence-corrected chi connectivity index (χ1v) is 10.2. The zero-order valence-corrected chi connectivity index (χ0v) is 17.0. The Kier molecular flexibility index (Phi) is 5.44. The minimum atomic E-state index is -0.713. The molecule has 4 rings (SSSR count). The maximum Gasteiger partial charge on any atom is 0.414 e. The van der Waals surface area contributed by atoms with Crippen LogP contribution in [0.25, 0.3) is 0 Å². The summed E-state index contributed by atoms with van der Waals surface area (Å²) in [5.41, 5.74) is 1.55. The summed E-state index contributed by atoms with van der Waals surface area (Å²) >= 11 is 0. The van der Waals surface area contributed by atoms with E-state index in [4.69, 9.17) is 4.74 Å². The third-order valence-corrected chi connectivity index (χ3v) is 6.00. The summed E-state index contributed by atoms with van der Waals surface area (Å²) in [6.45, 7) is 3.49. The van der Waals surface area contributed by atoms with E-state index >= 15 is 0 Å². The monoisotopic (exact) mass is 407 g/mol. The molecule has 2 aliphatic heterocycles. The molecule has 2 aromatic rings. The first-order valence-electron chi connectivity index (χ1n) is 10.2. The Morgan fingerprint density at radius 1 is 1.00 bits per heavy atom. The van der Waals surface area contributed by atoms with Gasteiger partial charge in [-0.2, -0.15) is 0 Å². The number of rotatable bonds is 4. The van der Waals surface area contributed by atoms with Gasteiger partial charge < -0.3 is 15.0 Å². The highest BCUT2D eigenvalue weighted by Gasteiger charge is 2.43. The number of carbonyl (C=O) groups excluding carboxylic acids is 3. The van der Waals surface area contributed by atoms with Crippen LogP contribution in [0, 0.1) is 0 Å². The molecule has 0 bridgehead atoms. The number of nitrogens with zero attached hydrogens (tertiary/aromatic N) is 2. The fourth-order valence-corrected chi connectivity index (χ4v) is 4.24. The predicted octanol–water partition coefficient (Wildman–Crippen LogP) is 3.16. The third-order valence-electron chi connectivity index (χ3n) is 6.00. The van der Waals surface area contributed by atoms with Gasteiger partial charge in [0, 0.05) is 31.4 Å². The average molecular weight is 407 g/mol. The lowest BCUT2D eigenvalue weighted by molar-refractivity contribution is -0.133. The first-order chi connectivity index (χ1) is 14.5. The van der Waals surface area contributed by atoms with Crippen LogP contribution >= 0.6 is 0 Å².